The van der Waals surface area contributed by atoms with E-state index in [0.29, 0.717) is 39.5 Å². The summed E-state index contributed by atoms with van der Waals surface area (Å²) in [5.41, 5.74) is 1.35. The van der Waals surface area contributed by atoms with Crippen LogP contribution in [0, 0.1) is 18.8 Å². The average molecular weight is 777 g/mol. The number of hydrogen-bond acceptors (Lipinski definition) is 10. The van der Waals surface area contributed by atoms with Crippen LogP contribution in [0.25, 0.3) is 0 Å². The van der Waals surface area contributed by atoms with Crippen molar-refractivity contribution in [1.82, 2.24) is 30.7 Å². The number of nitrogens with zero attached hydrogens (tertiary/aromatic N) is 3. The third kappa shape index (κ3) is 15.8. The van der Waals surface area contributed by atoms with Gasteiger partial charge in [-0.2, -0.15) is 0 Å². The van der Waals surface area contributed by atoms with E-state index in [1.807, 2.05) is 13.0 Å². The first-order valence-electron chi connectivity index (χ1n) is 17.5. The van der Waals surface area contributed by atoms with Crippen LogP contribution in [0.4, 0.5) is 0 Å². The van der Waals surface area contributed by atoms with Crippen molar-refractivity contribution in [3.63, 3.8) is 0 Å². The lowest BCUT2D eigenvalue weighted by molar-refractivity contribution is -0.154. The second-order valence-corrected chi connectivity index (χ2v) is 13.1. The van der Waals surface area contributed by atoms with Crippen molar-refractivity contribution in [3.05, 3.63) is 35.4 Å². The predicted molar refractivity (Wildman–Crippen MR) is 189 cm³/mol. The predicted octanol–water partition coefficient (Wildman–Crippen LogP) is -1.24. The van der Waals surface area contributed by atoms with Gasteiger partial charge in [0, 0.05) is 31.0 Å². The number of amides is 6. The molecule has 20 nitrogen and oxygen atoms in total. The molecule has 1 saturated carbocycles. The molecule has 6 amide bonds. The van der Waals surface area contributed by atoms with Gasteiger partial charge in [0.25, 0.3) is 5.91 Å². The van der Waals surface area contributed by atoms with Crippen molar-refractivity contribution in [2.45, 2.75) is 57.9 Å². The van der Waals surface area contributed by atoms with Gasteiger partial charge in [0.05, 0.1) is 0 Å². The molecule has 1 atom stereocenters. The number of carbonyl (C=O) groups is 10. The molecule has 0 spiro atoms. The fraction of sp³-hybridized carbons (Fsp3) is 0.543. The summed E-state index contributed by atoms with van der Waals surface area (Å²) in [6.45, 7) is -4.13. The maximum Gasteiger partial charge on any atom is 0.326 e. The zero-order valence-electron chi connectivity index (χ0n) is 30.7. The van der Waals surface area contributed by atoms with Crippen molar-refractivity contribution < 1.29 is 68.4 Å². The number of unbranched alkanes of at least 4 members (excludes halogenated alkanes) is 1. The Morgan fingerprint density at radius 3 is 1.76 bits per heavy atom. The highest BCUT2D eigenvalue weighted by molar-refractivity contribution is 5.95. The minimum absolute atomic E-state index is 0.0871. The zero-order chi connectivity index (χ0) is 41.2. The van der Waals surface area contributed by atoms with E-state index in [9.17, 15) is 68.4 Å². The number of benzene rings is 1. The monoisotopic (exact) mass is 776 g/mol. The van der Waals surface area contributed by atoms with Gasteiger partial charge in [0.1, 0.15) is 45.3 Å². The fourth-order valence-corrected chi connectivity index (χ4v) is 5.99. The quantitative estimate of drug-likeness (QED) is 0.0678. The number of nitrogens with one attached hydrogen (secondary N) is 3. The van der Waals surface area contributed by atoms with E-state index in [1.54, 1.807) is 18.2 Å². The van der Waals surface area contributed by atoms with Crippen molar-refractivity contribution in [2.24, 2.45) is 11.8 Å². The van der Waals surface area contributed by atoms with Crippen molar-refractivity contribution in [2.75, 3.05) is 52.9 Å². The molecule has 302 valence electrons. The molecule has 1 aromatic rings. The lowest BCUT2D eigenvalue weighted by Gasteiger charge is -2.32. The number of hydrogen-bond donors (Lipinski definition) is 7. The smallest absolute Gasteiger partial charge is 0.326 e. The van der Waals surface area contributed by atoms with Gasteiger partial charge in [-0.05, 0) is 64.0 Å². The van der Waals surface area contributed by atoms with Gasteiger partial charge in [-0.3, -0.25) is 43.2 Å². The van der Waals surface area contributed by atoms with Crippen LogP contribution in [-0.4, -0.2) is 153 Å². The summed E-state index contributed by atoms with van der Waals surface area (Å²) in [5, 5.41) is 45.4. The van der Waals surface area contributed by atoms with E-state index in [1.165, 1.54) is 7.05 Å². The fourth-order valence-electron chi connectivity index (χ4n) is 5.99. The van der Waals surface area contributed by atoms with Crippen LogP contribution in [0.15, 0.2) is 24.3 Å². The maximum atomic E-state index is 13.3. The third-order valence-corrected chi connectivity index (χ3v) is 8.79. The Labute approximate surface area is 316 Å². The normalized spacial score (nSPS) is 15.4. The molecular formula is C35H48N6O14. The minimum atomic E-state index is -1.61. The Bertz CT molecular complexity index is 1610. The number of carboxylic acids is 4. The highest BCUT2D eigenvalue weighted by Crippen LogP contribution is 2.30. The van der Waals surface area contributed by atoms with Gasteiger partial charge >= 0.3 is 23.9 Å². The summed E-state index contributed by atoms with van der Waals surface area (Å²) in [4.78, 5) is 125. The molecule has 0 bridgehead atoms. The maximum absolute atomic E-state index is 13.3. The average Bonchev–Trinajstić information content (AvgIpc) is 3.11. The van der Waals surface area contributed by atoms with Crippen molar-refractivity contribution in [1.29, 1.82) is 0 Å². The van der Waals surface area contributed by atoms with Crippen LogP contribution < -0.4 is 16.0 Å². The zero-order valence-corrected chi connectivity index (χ0v) is 30.7. The molecule has 7 N–H and O–H groups in total. The van der Waals surface area contributed by atoms with E-state index < -0.39 is 98.7 Å². The molecular weight excluding hydrogens is 728 g/mol. The molecule has 0 saturated heterocycles. The summed E-state index contributed by atoms with van der Waals surface area (Å²) in [6, 6.07) is 5.45. The SMILES string of the molecule is CNC(=O)C1CCC(C(=O)N(CC(=O)O)CC(=O)N(CC(=O)O)CC(=O)N(CC(=O)O)CC(=O)N[C@H](CCCCNC(=O)c2cccc(C)c2)C(=O)O)CC1. The first kappa shape index (κ1) is 45.1. The molecule has 1 fully saturated rings. The Balaban J connectivity index is 2.05. The lowest BCUT2D eigenvalue weighted by atomic mass is 9.81. The molecule has 0 aromatic heterocycles. The lowest BCUT2D eigenvalue weighted by Crippen LogP contribution is -2.53. The summed E-state index contributed by atoms with van der Waals surface area (Å²) >= 11 is 0. The Morgan fingerprint density at radius 1 is 0.709 bits per heavy atom. The van der Waals surface area contributed by atoms with Crippen LogP contribution in [0.2, 0.25) is 0 Å². The third-order valence-electron chi connectivity index (χ3n) is 8.79. The van der Waals surface area contributed by atoms with Crippen molar-refractivity contribution in [3.8, 4) is 0 Å². The van der Waals surface area contributed by atoms with Gasteiger partial charge in [0.15, 0.2) is 0 Å². The Kier molecular flexibility index (Phi) is 18.2. The molecule has 0 heterocycles. The molecule has 0 aliphatic heterocycles. The Hall–Kier alpha value is -6.08. The van der Waals surface area contributed by atoms with Crippen LogP contribution in [-0.2, 0) is 43.2 Å². The number of carbonyl (C=O) groups excluding carboxylic acids is 6. The van der Waals surface area contributed by atoms with Gasteiger partial charge < -0.3 is 51.1 Å². The second-order valence-electron chi connectivity index (χ2n) is 13.1. The van der Waals surface area contributed by atoms with Gasteiger partial charge in [-0.25, -0.2) is 4.79 Å². The van der Waals surface area contributed by atoms with E-state index >= 15 is 0 Å². The van der Waals surface area contributed by atoms with Crippen LogP contribution >= 0.6 is 0 Å². The van der Waals surface area contributed by atoms with E-state index in [0.717, 1.165) is 5.56 Å². The number of rotatable bonds is 22. The summed E-state index contributed by atoms with van der Waals surface area (Å²) in [7, 11) is 1.47. The first-order chi connectivity index (χ1) is 25.9. The molecule has 0 radical (unpaired) electrons. The summed E-state index contributed by atoms with van der Waals surface area (Å²) in [5.74, 6) is -11.9. The van der Waals surface area contributed by atoms with Crippen LogP contribution in [0.3, 0.4) is 0 Å². The van der Waals surface area contributed by atoms with E-state index in [4.69, 9.17) is 0 Å². The molecule has 1 aromatic carbocycles. The largest absolute Gasteiger partial charge is 0.480 e. The highest BCUT2D eigenvalue weighted by Gasteiger charge is 2.35. The molecule has 1 aliphatic carbocycles. The summed E-state index contributed by atoms with van der Waals surface area (Å²) < 4.78 is 0. The standard InChI is InChI=1S/C35H48N6O14/c1-21-6-5-7-24(14-21)33(52)37-13-4-3-8-25(35(54)55)38-26(42)15-39(18-29(45)46)27(43)16-40(19-30(47)48)28(44)17-41(20-31(49)50)34(53)23-11-9-22(10-12-23)32(51)36-2/h5-7,14,22-23,25H,3-4,8-13,15-20H2,1-2H3,(H,36,51)(H,37,52)(H,38,42)(H,45,46)(H,47,48)(H,49,50)(H,54,55)/t22?,23?,25-/m1/s1. The topological polar surface area (TPSA) is 297 Å². The minimum Gasteiger partial charge on any atom is -0.480 e. The molecule has 0 unspecified atom stereocenters. The van der Waals surface area contributed by atoms with Gasteiger partial charge in [-0.1, -0.05) is 17.7 Å². The van der Waals surface area contributed by atoms with Gasteiger partial charge in [-0.15, -0.1) is 0 Å². The number of carboxylic acid groups (broad SMARTS) is 4. The molecule has 2 rings (SSSR count). The van der Waals surface area contributed by atoms with Crippen molar-refractivity contribution >= 4 is 59.3 Å². The molecule has 20 heteroatoms. The second kappa shape index (κ2) is 22.2. The molecule has 1 aliphatic rings. The van der Waals surface area contributed by atoms with E-state index in [2.05, 4.69) is 16.0 Å². The van der Waals surface area contributed by atoms with Gasteiger partial charge in [0.2, 0.25) is 29.5 Å². The summed E-state index contributed by atoms with van der Waals surface area (Å²) in [6.07, 6.45) is 1.62. The number of aryl methyl sites for hydroxylation is 1. The highest BCUT2D eigenvalue weighted by atomic mass is 16.4. The van der Waals surface area contributed by atoms with Crippen LogP contribution in [0.5, 0.6) is 0 Å². The van der Waals surface area contributed by atoms with E-state index in [-0.39, 0.29) is 50.0 Å². The number of aliphatic carboxylic acids is 4. The Morgan fingerprint density at radius 2 is 1.24 bits per heavy atom. The molecule has 55 heavy (non-hydrogen) atoms. The first-order valence-corrected chi connectivity index (χ1v) is 17.5. The van der Waals surface area contributed by atoms with Crippen LogP contribution in [0.1, 0.15) is 60.9 Å².